The van der Waals surface area contributed by atoms with E-state index in [9.17, 15) is 9.59 Å². The normalized spacial score (nSPS) is 16.9. The van der Waals surface area contributed by atoms with E-state index in [0.29, 0.717) is 19.7 Å². The molecule has 1 unspecified atom stereocenters. The molecule has 0 spiro atoms. The molecule has 1 heterocycles. The number of ether oxygens (including phenoxy) is 1. The maximum absolute atomic E-state index is 12.8. The van der Waals surface area contributed by atoms with Crippen LogP contribution >= 0.6 is 0 Å². The van der Waals surface area contributed by atoms with Crippen LogP contribution in [0, 0.1) is 0 Å². The van der Waals surface area contributed by atoms with Crippen LogP contribution in [0.25, 0.3) is 0 Å². The van der Waals surface area contributed by atoms with E-state index in [0.717, 1.165) is 31.7 Å². The number of benzene rings is 1. The number of carbonyl (C=O) groups excluding carboxylic acids is 2. The first-order valence-electron chi connectivity index (χ1n) is 8.77. The van der Waals surface area contributed by atoms with Crippen molar-refractivity contribution in [1.82, 2.24) is 20.4 Å². The minimum Gasteiger partial charge on any atom is -0.450 e. The third kappa shape index (κ3) is 6.03. The second-order valence-electron chi connectivity index (χ2n) is 6.09. The zero-order chi connectivity index (χ0) is 18.1. The largest absolute Gasteiger partial charge is 0.450 e. The summed E-state index contributed by atoms with van der Waals surface area (Å²) in [5.41, 5.74) is 0.989. The van der Waals surface area contributed by atoms with Gasteiger partial charge < -0.3 is 20.3 Å². The van der Waals surface area contributed by atoms with E-state index >= 15 is 0 Å². The van der Waals surface area contributed by atoms with Crippen molar-refractivity contribution in [2.45, 2.75) is 13.0 Å². The zero-order valence-corrected chi connectivity index (χ0v) is 15.0. The van der Waals surface area contributed by atoms with Crippen molar-refractivity contribution >= 4 is 12.0 Å². The number of likely N-dealkylation sites (N-methyl/N-ethyl adjacent to an activating group) is 1. The lowest BCUT2D eigenvalue weighted by molar-refractivity contribution is -0.127. The first kappa shape index (κ1) is 19.2. The fourth-order valence-corrected chi connectivity index (χ4v) is 2.87. The molecule has 1 aromatic carbocycles. The van der Waals surface area contributed by atoms with Gasteiger partial charge in [0.15, 0.2) is 0 Å². The van der Waals surface area contributed by atoms with E-state index < -0.39 is 6.09 Å². The second-order valence-corrected chi connectivity index (χ2v) is 6.09. The Morgan fingerprint density at radius 3 is 2.36 bits per heavy atom. The predicted molar refractivity (Wildman–Crippen MR) is 96.3 cm³/mol. The zero-order valence-electron chi connectivity index (χ0n) is 15.0. The van der Waals surface area contributed by atoms with E-state index in [1.807, 2.05) is 30.3 Å². The van der Waals surface area contributed by atoms with Gasteiger partial charge in [0.05, 0.1) is 6.61 Å². The Balaban J connectivity index is 1.93. The molecule has 1 atom stereocenters. The minimum absolute atomic E-state index is 0.0404. The average molecular weight is 348 g/mol. The van der Waals surface area contributed by atoms with Crippen LogP contribution < -0.4 is 10.6 Å². The fourth-order valence-electron chi connectivity index (χ4n) is 2.87. The summed E-state index contributed by atoms with van der Waals surface area (Å²) in [7, 11) is 2.09. The van der Waals surface area contributed by atoms with Gasteiger partial charge in [-0.1, -0.05) is 30.3 Å². The molecule has 1 aliphatic rings. The number of alkyl carbamates (subject to hydrolysis) is 1. The molecule has 7 heteroatoms. The molecule has 1 aromatic rings. The standard InChI is InChI=1S/C18H28N4O3/c1-3-25-18(24)20-10-9-19-17(23)16(15-7-5-4-6-8-15)22-13-11-21(2)12-14-22/h4-8,16H,3,9-14H2,1-2H3,(H,19,23)(H,20,24). The number of hydrogen-bond donors (Lipinski definition) is 2. The van der Waals surface area contributed by atoms with Gasteiger partial charge in [-0.3, -0.25) is 9.69 Å². The number of amides is 2. The van der Waals surface area contributed by atoms with Gasteiger partial charge in [0.1, 0.15) is 6.04 Å². The van der Waals surface area contributed by atoms with Gasteiger partial charge in [-0.2, -0.15) is 0 Å². The summed E-state index contributed by atoms with van der Waals surface area (Å²) in [4.78, 5) is 28.5. The lowest BCUT2D eigenvalue weighted by atomic mass is 10.0. The number of hydrogen-bond acceptors (Lipinski definition) is 5. The third-order valence-corrected chi connectivity index (χ3v) is 4.24. The van der Waals surface area contributed by atoms with Gasteiger partial charge in [0, 0.05) is 39.3 Å². The van der Waals surface area contributed by atoms with Crippen molar-refractivity contribution in [2.24, 2.45) is 0 Å². The summed E-state index contributed by atoms with van der Waals surface area (Å²) in [5, 5.41) is 5.53. The van der Waals surface area contributed by atoms with Crippen LogP contribution in [-0.4, -0.2) is 74.7 Å². The molecule has 0 aliphatic carbocycles. The van der Waals surface area contributed by atoms with E-state index in [-0.39, 0.29) is 11.9 Å². The van der Waals surface area contributed by atoms with Gasteiger partial charge in [-0.25, -0.2) is 4.79 Å². The van der Waals surface area contributed by atoms with Gasteiger partial charge in [-0.15, -0.1) is 0 Å². The number of nitrogens with zero attached hydrogens (tertiary/aromatic N) is 2. The maximum atomic E-state index is 12.8. The predicted octanol–water partition coefficient (Wildman–Crippen LogP) is 0.837. The van der Waals surface area contributed by atoms with E-state index in [1.165, 1.54) is 0 Å². The smallest absolute Gasteiger partial charge is 0.407 e. The number of nitrogens with one attached hydrogen (secondary N) is 2. The lowest BCUT2D eigenvalue weighted by Crippen LogP contribution is -2.50. The van der Waals surface area contributed by atoms with Crippen molar-refractivity contribution in [3.05, 3.63) is 35.9 Å². The molecule has 0 saturated carbocycles. The molecule has 2 amide bonds. The molecule has 0 bridgehead atoms. The van der Waals surface area contributed by atoms with Crippen molar-refractivity contribution in [3.8, 4) is 0 Å². The Morgan fingerprint density at radius 1 is 1.08 bits per heavy atom. The number of rotatable bonds is 7. The van der Waals surface area contributed by atoms with Crippen molar-refractivity contribution in [2.75, 3.05) is 52.9 Å². The summed E-state index contributed by atoms with van der Waals surface area (Å²) < 4.78 is 4.80. The quantitative estimate of drug-likeness (QED) is 0.714. The van der Waals surface area contributed by atoms with E-state index in [4.69, 9.17) is 4.74 Å². The molecule has 1 aliphatic heterocycles. The van der Waals surface area contributed by atoms with Crippen LogP contribution in [0.4, 0.5) is 4.79 Å². The Kier molecular flexibility index (Phi) is 7.69. The van der Waals surface area contributed by atoms with Crippen LogP contribution in [0.3, 0.4) is 0 Å². The van der Waals surface area contributed by atoms with Crippen molar-refractivity contribution in [3.63, 3.8) is 0 Å². The number of piperazine rings is 1. The van der Waals surface area contributed by atoms with Crippen LogP contribution in [0.1, 0.15) is 18.5 Å². The van der Waals surface area contributed by atoms with Crippen molar-refractivity contribution < 1.29 is 14.3 Å². The Morgan fingerprint density at radius 2 is 1.72 bits per heavy atom. The number of carbonyl (C=O) groups is 2. The van der Waals surface area contributed by atoms with Crippen LogP contribution in [0.5, 0.6) is 0 Å². The Labute approximate surface area is 149 Å². The van der Waals surface area contributed by atoms with Crippen LogP contribution in [0.15, 0.2) is 30.3 Å². The Bertz CT molecular complexity index is 545. The molecule has 2 rings (SSSR count). The highest BCUT2D eigenvalue weighted by molar-refractivity contribution is 5.83. The second kappa shape index (κ2) is 10.0. The van der Waals surface area contributed by atoms with Crippen molar-refractivity contribution in [1.29, 1.82) is 0 Å². The molecule has 1 fully saturated rings. The summed E-state index contributed by atoms with van der Waals surface area (Å²) in [6.07, 6.45) is -0.463. The molecule has 7 nitrogen and oxygen atoms in total. The topological polar surface area (TPSA) is 73.9 Å². The molecule has 25 heavy (non-hydrogen) atoms. The van der Waals surface area contributed by atoms with E-state index in [1.54, 1.807) is 6.92 Å². The minimum atomic E-state index is -0.463. The van der Waals surface area contributed by atoms with Crippen LogP contribution in [0.2, 0.25) is 0 Å². The highest BCUT2D eigenvalue weighted by Crippen LogP contribution is 2.22. The lowest BCUT2D eigenvalue weighted by Gasteiger charge is -2.37. The van der Waals surface area contributed by atoms with Gasteiger partial charge in [0.25, 0.3) is 0 Å². The molecular formula is C18H28N4O3. The van der Waals surface area contributed by atoms with E-state index in [2.05, 4.69) is 27.5 Å². The maximum Gasteiger partial charge on any atom is 0.407 e. The average Bonchev–Trinajstić information content (AvgIpc) is 2.62. The van der Waals surface area contributed by atoms with Crippen LogP contribution in [-0.2, 0) is 9.53 Å². The molecule has 0 aromatic heterocycles. The summed E-state index contributed by atoms with van der Waals surface area (Å²) in [6.45, 7) is 6.39. The summed E-state index contributed by atoms with van der Waals surface area (Å²) in [5.74, 6) is -0.0404. The molecule has 2 N–H and O–H groups in total. The molecule has 0 radical (unpaired) electrons. The SMILES string of the molecule is CCOC(=O)NCCNC(=O)C(c1ccccc1)N1CCN(C)CC1. The summed E-state index contributed by atoms with van der Waals surface area (Å²) in [6, 6.07) is 9.52. The highest BCUT2D eigenvalue weighted by atomic mass is 16.5. The first-order chi connectivity index (χ1) is 12.1. The third-order valence-electron chi connectivity index (χ3n) is 4.24. The Hall–Kier alpha value is -2.12. The van der Waals surface area contributed by atoms with Gasteiger partial charge in [0.2, 0.25) is 5.91 Å². The summed E-state index contributed by atoms with van der Waals surface area (Å²) >= 11 is 0. The molecule has 138 valence electrons. The monoisotopic (exact) mass is 348 g/mol. The van der Waals surface area contributed by atoms with Gasteiger partial charge in [-0.05, 0) is 19.5 Å². The first-order valence-corrected chi connectivity index (χ1v) is 8.77. The highest BCUT2D eigenvalue weighted by Gasteiger charge is 2.29. The molecular weight excluding hydrogens is 320 g/mol. The van der Waals surface area contributed by atoms with Gasteiger partial charge >= 0.3 is 6.09 Å². The fraction of sp³-hybridized carbons (Fsp3) is 0.556. The molecule has 1 saturated heterocycles.